The van der Waals surface area contributed by atoms with Gasteiger partial charge in [-0.2, -0.15) is 5.26 Å². The first-order valence-electron chi connectivity index (χ1n) is 3.21. The molecule has 0 spiro atoms. The summed E-state index contributed by atoms with van der Waals surface area (Å²) in [6.45, 7) is 0. The van der Waals surface area contributed by atoms with Crippen LogP contribution in [0.25, 0.3) is 11.4 Å². The van der Waals surface area contributed by atoms with Gasteiger partial charge < -0.3 is 9.51 Å². The third-order valence-electron chi connectivity index (χ3n) is 1.29. The smallest absolute Gasteiger partial charge is 0.254 e. The van der Waals surface area contributed by atoms with E-state index in [-0.39, 0.29) is 5.88 Å². The van der Waals surface area contributed by atoms with Gasteiger partial charge in [-0.3, -0.25) is 16.7 Å². The summed E-state index contributed by atoms with van der Waals surface area (Å²) in [5.74, 6) is 0.196. The van der Waals surface area contributed by atoms with Gasteiger partial charge in [0, 0.05) is 5.27 Å². The molecule has 13 heavy (non-hydrogen) atoms. The Balaban J connectivity index is 2.42. The zero-order chi connectivity index (χ0) is 9.10. The number of thiazole rings is 1. The van der Waals surface area contributed by atoms with E-state index in [1.165, 1.54) is 11.3 Å². The lowest BCUT2D eigenvalue weighted by Gasteiger charge is -1.96. The van der Waals surface area contributed by atoms with Crippen molar-refractivity contribution in [1.82, 2.24) is 15.4 Å². The predicted octanol–water partition coefficient (Wildman–Crippen LogP) is 0.886. The molecule has 2 aromatic heterocycles. The van der Waals surface area contributed by atoms with E-state index in [4.69, 9.17) is 5.26 Å². The SMILES string of the molecule is N#CNc1onnc1-c1cs[c-]n1. The highest BCUT2D eigenvalue weighted by atomic mass is 32.1. The predicted molar refractivity (Wildman–Crippen MR) is 43.5 cm³/mol. The number of nitrogens with zero attached hydrogens (tertiary/aromatic N) is 4. The number of nitrogens with one attached hydrogen (secondary N) is 1. The van der Waals surface area contributed by atoms with Crippen LogP contribution in [0.5, 0.6) is 0 Å². The zero-order valence-electron chi connectivity index (χ0n) is 6.18. The van der Waals surface area contributed by atoms with Crippen LogP contribution in [-0.2, 0) is 0 Å². The number of anilines is 1. The second-order valence-electron chi connectivity index (χ2n) is 2.01. The Morgan fingerprint density at radius 1 is 1.69 bits per heavy atom. The lowest BCUT2D eigenvalue weighted by molar-refractivity contribution is 0.406. The molecule has 2 rings (SSSR count). The molecule has 0 fully saturated rings. The van der Waals surface area contributed by atoms with Gasteiger partial charge in [0.25, 0.3) is 5.88 Å². The van der Waals surface area contributed by atoms with Crippen molar-refractivity contribution in [2.24, 2.45) is 0 Å². The van der Waals surface area contributed by atoms with E-state index < -0.39 is 0 Å². The second-order valence-corrected chi connectivity index (χ2v) is 2.67. The maximum atomic E-state index is 8.36. The highest BCUT2D eigenvalue weighted by Gasteiger charge is 2.07. The molecule has 64 valence electrons. The third kappa shape index (κ3) is 1.34. The van der Waals surface area contributed by atoms with Gasteiger partial charge in [0.1, 0.15) is 5.69 Å². The molecule has 0 aliphatic heterocycles. The third-order valence-corrected chi connectivity index (χ3v) is 1.83. The fourth-order valence-electron chi connectivity index (χ4n) is 0.784. The highest BCUT2D eigenvalue weighted by Crippen LogP contribution is 2.23. The summed E-state index contributed by atoms with van der Waals surface area (Å²) >= 11 is 1.31. The van der Waals surface area contributed by atoms with Crippen LogP contribution >= 0.6 is 11.3 Å². The van der Waals surface area contributed by atoms with Crippen molar-refractivity contribution in [3.05, 3.63) is 10.9 Å². The first-order valence-corrected chi connectivity index (χ1v) is 4.09. The maximum absolute atomic E-state index is 8.36. The molecule has 0 radical (unpaired) electrons. The van der Waals surface area contributed by atoms with E-state index in [1.54, 1.807) is 11.6 Å². The van der Waals surface area contributed by atoms with Gasteiger partial charge in [-0.25, -0.2) is 0 Å². The van der Waals surface area contributed by atoms with Crippen molar-refractivity contribution in [2.75, 3.05) is 5.32 Å². The molecule has 0 bridgehead atoms. The summed E-state index contributed by atoms with van der Waals surface area (Å²) in [5, 5.41) is 19.4. The molecular weight excluding hydrogens is 190 g/mol. The summed E-state index contributed by atoms with van der Waals surface area (Å²) in [5.41, 5.74) is 3.66. The molecule has 0 aliphatic rings. The van der Waals surface area contributed by atoms with Gasteiger partial charge in [0.2, 0.25) is 0 Å². The quantitative estimate of drug-likeness (QED) is 0.432. The van der Waals surface area contributed by atoms with E-state index in [9.17, 15) is 0 Å². The fraction of sp³-hybridized carbons (Fsp3) is 0. The van der Waals surface area contributed by atoms with Crippen LogP contribution in [-0.4, -0.2) is 15.4 Å². The number of nitriles is 1. The van der Waals surface area contributed by atoms with Crippen LogP contribution in [0.15, 0.2) is 9.90 Å². The second kappa shape index (κ2) is 3.20. The Hall–Kier alpha value is -1.94. The molecule has 1 N–H and O–H groups in total. The van der Waals surface area contributed by atoms with Crippen molar-refractivity contribution in [1.29, 1.82) is 5.26 Å². The monoisotopic (exact) mass is 192 g/mol. The normalized spacial score (nSPS) is 9.46. The first kappa shape index (κ1) is 7.70. The molecule has 0 unspecified atom stereocenters. The minimum absolute atomic E-state index is 0.196. The van der Waals surface area contributed by atoms with E-state index >= 15 is 0 Å². The van der Waals surface area contributed by atoms with Gasteiger partial charge in [0.15, 0.2) is 6.19 Å². The van der Waals surface area contributed by atoms with Crippen LogP contribution in [0.4, 0.5) is 5.88 Å². The molecule has 2 heterocycles. The molecule has 0 aliphatic carbocycles. The average molecular weight is 192 g/mol. The van der Waals surface area contributed by atoms with Crippen LogP contribution < -0.4 is 5.32 Å². The van der Waals surface area contributed by atoms with Crippen molar-refractivity contribution in [2.45, 2.75) is 0 Å². The summed E-state index contributed by atoms with van der Waals surface area (Å²) in [4.78, 5) is 3.88. The summed E-state index contributed by atoms with van der Waals surface area (Å²) in [6, 6.07) is 0. The van der Waals surface area contributed by atoms with E-state index in [2.05, 4.69) is 30.7 Å². The first-order chi connectivity index (χ1) is 6.42. The maximum Gasteiger partial charge on any atom is 0.254 e. The molecular formula is C6H2N5OS-. The van der Waals surface area contributed by atoms with Gasteiger partial charge >= 0.3 is 0 Å². The Bertz CT molecular complexity index is 428. The molecule has 0 aromatic carbocycles. The van der Waals surface area contributed by atoms with Gasteiger partial charge in [-0.15, -0.1) is 10.5 Å². The number of aromatic nitrogens is 3. The average Bonchev–Trinajstić information content (AvgIpc) is 2.71. The van der Waals surface area contributed by atoms with E-state index in [1.807, 2.05) is 0 Å². The highest BCUT2D eigenvalue weighted by molar-refractivity contribution is 7.07. The molecule has 0 atom stereocenters. The van der Waals surface area contributed by atoms with E-state index in [0.29, 0.717) is 11.4 Å². The van der Waals surface area contributed by atoms with E-state index in [0.717, 1.165) is 0 Å². The number of hydrogen-bond acceptors (Lipinski definition) is 7. The number of rotatable bonds is 2. The molecule has 7 heteroatoms. The lowest BCUT2D eigenvalue weighted by atomic mass is 10.3. The topological polar surface area (TPSA) is 87.6 Å². The van der Waals surface area contributed by atoms with Crippen LogP contribution in [0.2, 0.25) is 0 Å². The van der Waals surface area contributed by atoms with Crippen molar-refractivity contribution in [3.8, 4) is 17.6 Å². The van der Waals surface area contributed by atoms with Crippen LogP contribution in [0.3, 0.4) is 0 Å². The molecule has 0 saturated heterocycles. The Morgan fingerprint density at radius 3 is 3.31 bits per heavy atom. The van der Waals surface area contributed by atoms with Crippen molar-refractivity contribution >= 4 is 17.2 Å². The van der Waals surface area contributed by atoms with Gasteiger partial charge in [0.05, 0.1) is 0 Å². The summed E-state index contributed by atoms with van der Waals surface area (Å²) in [6.07, 6.45) is 1.71. The Labute approximate surface area is 76.8 Å². The van der Waals surface area contributed by atoms with Gasteiger partial charge in [-0.1, -0.05) is 0 Å². The minimum atomic E-state index is 0.196. The Kier molecular flexibility index (Phi) is 1.90. The summed E-state index contributed by atoms with van der Waals surface area (Å²) in [7, 11) is 0. The minimum Gasteiger partial charge on any atom is -0.384 e. The van der Waals surface area contributed by atoms with Gasteiger partial charge in [-0.05, 0) is 11.2 Å². The molecule has 2 aromatic rings. The van der Waals surface area contributed by atoms with Crippen LogP contribution in [0.1, 0.15) is 0 Å². The van der Waals surface area contributed by atoms with Crippen molar-refractivity contribution < 1.29 is 4.52 Å². The lowest BCUT2D eigenvalue weighted by Crippen LogP contribution is -1.88. The van der Waals surface area contributed by atoms with Crippen molar-refractivity contribution in [3.63, 3.8) is 0 Å². The fourth-order valence-corrected chi connectivity index (χ4v) is 1.26. The molecule has 0 amide bonds. The summed E-state index contributed by atoms with van der Waals surface area (Å²) < 4.78 is 4.68. The van der Waals surface area contributed by atoms with Crippen LogP contribution in [0, 0.1) is 17.0 Å². The molecule has 6 nitrogen and oxygen atoms in total. The number of hydrogen-bond donors (Lipinski definition) is 1. The zero-order valence-corrected chi connectivity index (χ0v) is 7.00. The largest absolute Gasteiger partial charge is 0.384 e. The molecule has 0 saturated carbocycles. The Morgan fingerprint density at radius 2 is 2.62 bits per heavy atom. The standard InChI is InChI=1S/C6H2N5OS/c7-2-8-6-5(10-11-12-6)4-1-13-3-9-4/h1,8H/q-1.